The van der Waals surface area contributed by atoms with Crippen LogP contribution in [0.5, 0.6) is 0 Å². The van der Waals surface area contributed by atoms with Crippen LogP contribution in [0.4, 0.5) is 18.9 Å². The Morgan fingerprint density at radius 2 is 1.94 bits per heavy atom. The molecular formula is C21H18F3N3O4S. The van der Waals surface area contributed by atoms with Crippen LogP contribution < -0.4 is 11.0 Å². The lowest BCUT2D eigenvalue weighted by atomic mass is 10.1. The number of H-pyrrole nitrogens is 1. The van der Waals surface area contributed by atoms with Gasteiger partial charge in [0.2, 0.25) is 5.91 Å². The van der Waals surface area contributed by atoms with E-state index in [1.807, 2.05) is 18.2 Å². The maximum atomic E-state index is 12.8. The molecule has 0 radical (unpaired) electrons. The fraction of sp³-hybridized carbons (Fsp3) is 0.286. The Morgan fingerprint density at radius 1 is 1.16 bits per heavy atom. The van der Waals surface area contributed by atoms with E-state index in [-0.39, 0.29) is 24.4 Å². The quantitative estimate of drug-likeness (QED) is 0.427. The number of ether oxygens (including phenoxy) is 1. The molecule has 168 valence electrons. The lowest BCUT2D eigenvalue weighted by Crippen LogP contribution is -2.31. The molecule has 3 aromatic rings. The van der Waals surface area contributed by atoms with Crippen LogP contribution in [0.15, 0.2) is 52.2 Å². The number of hydrogen-bond donors (Lipinski definition) is 2. The molecule has 11 heteroatoms. The number of nitrogens with one attached hydrogen (secondary N) is 2. The number of benzene rings is 2. The van der Waals surface area contributed by atoms with Gasteiger partial charge in [-0.15, -0.1) is 11.8 Å². The second-order valence-electron chi connectivity index (χ2n) is 7.18. The number of carbonyl (C=O) groups is 2. The number of alkyl halides is 3. The first-order chi connectivity index (χ1) is 15.2. The zero-order chi connectivity index (χ0) is 22.9. The molecule has 0 bridgehead atoms. The molecule has 1 aliphatic rings. The number of rotatable bonds is 6. The summed E-state index contributed by atoms with van der Waals surface area (Å²) in [5.74, 6) is -1.15. The first-order valence-electron chi connectivity index (χ1n) is 9.74. The lowest BCUT2D eigenvalue weighted by molar-refractivity contribution is -0.144. The molecule has 1 atom stereocenters. The SMILES string of the molecule is O=C(C[C@@H]1Sc2ccc(C(F)(F)F)cc2NC1=O)OCCCn1c(=O)[nH]c2ccccc21. The van der Waals surface area contributed by atoms with Crippen molar-refractivity contribution in [2.45, 2.75) is 35.7 Å². The maximum Gasteiger partial charge on any atom is 0.416 e. The molecule has 2 N–H and O–H groups in total. The third kappa shape index (κ3) is 4.67. The van der Waals surface area contributed by atoms with Crippen molar-refractivity contribution in [2.75, 3.05) is 11.9 Å². The average Bonchev–Trinajstić information content (AvgIpc) is 3.05. The van der Waals surface area contributed by atoms with Crippen molar-refractivity contribution in [3.05, 3.63) is 58.5 Å². The van der Waals surface area contributed by atoms with E-state index in [1.165, 1.54) is 6.07 Å². The highest BCUT2D eigenvalue weighted by molar-refractivity contribution is 8.01. The molecule has 2 aromatic carbocycles. The van der Waals surface area contributed by atoms with Crippen molar-refractivity contribution < 1.29 is 27.5 Å². The number of aryl methyl sites for hydroxylation is 1. The molecule has 1 aliphatic heterocycles. The van der Waals surface area contributed by atoms with Gasteiger partial charge in [0.05, 0.1) is 40.6 Å². The Labute approximate surface area is 183 Å². The van der Waals surface area contributed by atoms with Crippen molar-refractivity contribution in [1.29, 1.82) is 0 Å². The van der Waals surface area contributed by atoms with Crippen LogP contribution in [0.2, 0.25) is 0 Å². The molecule has 0 unspecified atom stereocenters. The van der Waals surface area contributed by atoms with Gasteiger partial charge in [-0.05, 0) is 36.8 Å². The van der Waals surface area contributed by atoms with E-state index >= 15 is 0 Å². The number of para-hydroxylation sites is 2. The fourth-order valence-electron chi connectivity index (χ4n) is 3.41. The lowest BCUT2D eigenvalue weighted by Gasteiger charge is -2.24. The number of carbonyl (C=O) groups excluding carboxylic acids is 2. The van der Waals surface area contributed by atoms with E-state index in [0.717, 1.165) is 34.9 Å². The highest BCUT2D eigenvalue weighted by atomic mass is 32.2. The average molecular weight is 465 g/mol. The number of halogens is 3. The second kappa shape index (κ2) is 8.73. The number of nitrogens with zero attached hydrogens (tertiary/aromatic N) is 1. The fourth-order valence-corrected chi connectivity index (χ4v) is 4.48. The minimum Gasteiger partial charge on any atom is -0.466 e. The number of esters is 1. The number of thioether (sulfide) groups is 1. The van der Waals surface area contributed by atoms with Crippen molar-refractivity contribution in [2.24, 2.45) is 0 Å². The molecule has 0 saturated carbocycles. The van der Waals surface area contributed by atoms with Crippen LogP contribution >= 0.6 is 11.8 Å². The Balaban J connectivity index is 1.29. The van der Waals surface area contributed by atoms with Gasteiger partial charge in [0.25, 0.3) is 0 Å². The number of amides is 1. The normalized spacial score (nSPS) is 16.0. The maximum absolute atomic E-state index is 12.8. The largest absolute Gasteiger partial charge is 0.466 e. The van der Waals surface area contributed by atoms with Gasteiger partial charge in [-0.3, -0.25) is 14.2 Å². The molecule has 32 heavy (non-hydrogen) atoms. The van der Waals surface area contributed by atoms with Gasteiger partial charge in [-0.2, -0.15) is 13.2 Å². The molecule has 1 amide bonds. The Morgan fingerprint density at radius 3 is 2.72 bits per heavy atom. The summed E-state index contributed by atoms with van der Waals surface area (Å²) in [6.07, 6.45) is -4.33. The van der Waals surface area contributed by atoms with Crippen LogP contribution in [0.25, 0.3) is 11.0 Å². The second-order valence-corrected chi connectivity index (χ2v) is 8.43. The molecule has 4 rings (SSSR count). The summed E-state index contributed by atoms with van der Waals surface area (Å²) < 4.78 is 45.3. The molecule has 0 saturated heterocycles. The Kier molecular flexibility index (Phi) is 6.00. The van der Waals surface area contributed by atoms with Crippen LogP contribution in [-0.4, -0.2) is 33.3 Å². The number of imidazole rings is 1. The van der Waals surface area contributed by atoms with E-state index < -0.39 is 28.9 Å². The Bertz CT molecular complexity index is 1230. The van der Waals surface area contributed by atoms with E-state index in [0.29, 0.717) is 17.9 Å². The van der Waals surface area contributed by atoms with Crippen LogP contribution in [-0.2, 0) is 27.0 Å². The standard InChI is InChI=1S/C21H18F3N3O4S/c22-21(23,24)12-6-7-16-14(10-12)25-19(29)17(32-16)11-18(28)31-9-3-8-27-15-5-2-1-4-13(15)26-20(27)30/h1-2,4-7,10,17H,3,8-9,11H2,(H,25,29)(H,26,30)/t17-/m0/s1. The van der Waals surface area contributed by atoms with Gasteiger partial charge in [-0.25, -0.2) is 4.79 Å². The molecular weight excluding hydrogens is 447 g/mol. The number of fused-ring (bicyclic) bond motifs is 2. The predicted octanol–water partition coefficient (Wildman–Crippen LogP) is 3.78. The van der Waals surface area contributed by atoms with Crippen molar-refractivity contribution in [1.82, 2.24) is 9.55 Å². The van der Waals surface area contributed by atoms with Crippen LogP contribution in [0.3, 0.4) is 0 Å². The number of anilines is 1. The summed E-state index contributed by atoms with van der Waals surface area (Å²) in [7, 11) is 0. The topological polar surface area (TPSA) is 93.2 Å². The summed E-state index contributed by atoms with van der Waals surface area (Å²) in [6.45, 7) is 0.416. The highest BCUT2D eigenvalue weighted by Gasteiger charge is 2.34. The third-order valence-corrected chi connectivity index (χ3v) is 6.22. The molecule has 2 heterocycles. The van der Waals surface area contributed by atoms with E-state index in [2.05, 4.69) is 10.3 Å². The van der Waals surface area contributed by atoms with Gasteiger partial charge in [-0.1, -0.05) is 12.1 Å². The van der Waals surface area contributed by atoms with Gasteiger partial charge >= 0.3 is 17.8 Å². The van der Waals surface area contributed by atoms with E-state index in [1.54, 1.807) is 10.6 Å². The van der Waals surface area contributed by atoms with Gasteiger partial charge < -0.3 is 15.0 Å². The molecule has 7 nitrogen and oxygen atoms in total. The third-order valence-electron chi connectivity index (χ3n) is 4.95. The summed E-state index contributed by atoms with van der Waals surface area (Å²) >= 11 is 1.02. The van der Waals surface area contributed by atoms with Crippen LogP contribution in [0, 0.1) is 0 Å². The van der Waals surface area contributed by atoms with Gasteiger partial charge in [0.15, 0.2) is 0 Å². The van der Waals surface area contributed by atoms with Crippen molar-refractivity contribution in [3.63, 3.8) is 0 Å². The monoisotopic (exact) mass is 465 g/mol. The van der Waals surface area contributed by atoms with Crippen LogP contribution in [0.1, 0.15) is 18.4 Å². The van der Waals surface area contributed by atoms with Crippen molar-refractivity contribution in [3.8, 4) is 0 Å². The first-order valence-corrected chi connectivity index (χ1v) is 10.6. The highest BCUT2D eigenvalue weighted by Crippen LogP contribution is 2.40. The zero-order valence-corrected chi connectivity index (χ0v) is 17.4. The minimum absolute atomic E-state index is 0.0648. The molecule has 0 spiro atoms. The molecule has 0 aliphatic carbocycles. The predicted molar refractivity (Wildman–Crippen MR) is 112 cm³/mol. The Hall–Kier alpha value is -3.21. The van der Waals surface area contributed by atoms with E-state index in [9.17, 15) is 27.6 Å². The summed E-state index contributed by atoms with van der Waals surface area (Å²) in [6, 6.07) is 10.3. The summed E-state index contributed by atoms with van der Waals surface area (Å²) in [4.78, 5) is 39.6. The van der Waals surface area contributed by atoms with Gasteiger partial charge in [0.1, 0.15) is 0 Å². The number of hydrogen-bond acceptors (Lipinski definition) is 5. The first kappa shape index (κ1) is 22.0. The molecule has 1 aromatic heterocycles. The smallest absolute Gasteiger partial charge is 0.416 e. The summed E-state index contributed by atoms with van der Waals surface area (Å²) in [5, 5.41) is 1.62. The van der Waals surface area contributed by atoms with E-state index in [4.69, 9.17) is 4.74 Å². The minimum atomic E-state index is -4.51. The zero-order valence-electron chi connectivity index (χ0n) is 16.6. The number of aromatic nitrogens is 2. The van der Waals surface area contributed by atoms with Gasteiger partial charge in [0, 0.05) is 11.4 Å². The summed E-state index contributed by atoms with van der Waals surface area (Å²) in [5.41, 5.74) is 0.442. The number of aromatic amines is 1. The van der Waals surface area contributed by atoms with Crippen molar-refractivity contribution >= 4 is 40.4 Å². The molecule has 0 fully saturated rings.